The summed E-state index contributed by atoms with van der Waals surface area (Å²) in [6, 6.07) is 1.13. The lowest BCUT2D eigenvalue weighted by atomic mass is 9.82. The van der Waals surface area contributed by atoms with Crippen LogP contribution in [0.1, 0.15) is 43.0 Å². The van der Waals surface area contributed by atoms with Gasteiger partial charge in [0.2, 0.25) is 0 Å². The van der Waals surface area contributed by atoms with Crippen LogP contribution in [0.2, 0.25) is 0 Å². The molecule has 2 atom stereocenters. The van der Waals surface area contributed by atoms with Crippen molar-refractivity contribution in [1.82, 2.24) is 10.3 Å². The maximum atomic E-state index is 13.1. The van der Waals surface area contributed by atoms with Crippen LogP contribution >= 0.6 is 0 Å². The van der Waals surface area contributed by atoms with Crippen molar-refractivity contribution >= 4 is 11.7 Å². The van der Waals surface area contributed by atoms with Gasteiger partial charge in [0, 0.05) is 6.54 Å². The SMILES string of the molecule is CC1CCCC(CNC(=O)c2cc(F)cnc2N)C1. The van der Waals surface area contributed by atoms with Crippen LogP contribution < -0.4 is 11.1 Å². The minimum atomic E-state index is -0.550. The number of nitrogens with one attached hydrogen (secondary N) is 1. The fourth-order valence-electron chi connectivity index (χ4n) is 2.71. The van der Waals surface area contributed by atoms with Gasteiger partial charge in [0.25, 0.3) is 5.91 Å². The summed E-state index contributed by atoms with van der Waals surface area (Å²) in [5, 5.41) is 2.83. The highest BCUT2D eigenvalue weighted by Gasteiger charge is 2.20. The van der Waals surface area contributed by atoms with Crippen molar-refractivity contribution in [2.24, 2.45) is 11.8 Å². The van der Waals surface area contributed by atoms with Gasteiger partial charge in [-0.1, -0.05) is 19.8 Å². The lowest BCUT2D eigenvalue weighted by Crippen LogP contribution is -2.32. The molecule has 19 heavy (non-hydrogen) atoms. The van der Waals surface area contributed by atoms with Crippen molar-refractivity contribution < 1.29 is 9.18 Å². The molecule has 0 saturated heterocycles. The number of nitrogens with zero attached hydrogens (tertiary/aromatic N) is 1. The van der Waals surface area contributed by atoms with Crippen molar-refractivity contribution in [1.29, 1.82) is 0 Å². The molecule has 1 aliphatic carbocycles. The fourth-order valence-corrected chi connectivity index (χ4v) is 2.71. The van der Waals surface area contributed by atoms with Crippen molar-refractivity contribution in [3.8, 4) is 0 Å². The average Bonchev–Trinajstić information content (AvgIpc) is 2.39. The Balaban J connectivity index is 1.92. The molecule has 0 spiro atoms. The molecular weight excluding hydrogens is 245 g/mol. The third-order valence-electron chi connectivity index (χ3n) is 3.73. The Kier molecular flexibility index (Phi) is 4.35. The first-order valence-electron chi connectivity index (χ1n) is 6.75. The predicted molar refractivity (Wildman–Crippen MR) is 72.1 cm³/mol. The van der Waals surface area contributed by atoms with Gasteiger partial charge in [-0.3, -0.25) is 4.79 Å². The number of halogens is 1. The highest BCUT2D eigenvalue weighted by atomic mass is 19.1. The molecule has 1 aromatic rings. The number of nitrogens with two attached hydrogens (primary N) is 1. The van der Waals surface area contributed by atoms with Crippen LogP contribution in [-0.4, -0.2) is 17.4 Å². The molecule has 3 N–H and O–H groups in total. The number of anilines is 1. The first-order chi connectivity index (χ1) is 9.06. The molecule has 1 amide bonds. The largest absolute Gasteiger partial charge is 0.383 e. The lowest BCUT2D eigenvalue weighted by Gasteiger charge is -2.26. The van der Waals surface area contributed by atoms with Crippen LogP contribution in [-0.2, 0) is 0 Å². The first-order valence-corrected chi connectivity index (χ1v) is 6.75. The molecule has 0 aliphatic heterocycles. The Labute approximate surface area is 112 Å². The molecule has 1 saturated carbocycles. The molecule has 0 bridgehead atoms. The van der Waals surface area contributed by atoms with Crippen LogP contribution in [0.4, 0.5) is 10.2 Å². The van der Waals surface area contributed by atoms with Crippen molar-refractivity contribution in [2.75, 3.05) is 12.3 Å². The van der Waals surface area contributed by atoms with E-state index in [-0.39, 0.29) is 17.3 Å². The number of carbonyl (C=O) groups is 1. The minimum absolute atomic E-state index is 0.0657. The molecule has 4 nitrogen and oxygen atoms in total. The zero-order valence-electron chi connectivity index (χ0n) is 11.2. The van der Waals surface area contributed by atoms with Crippen LogP contribution in [0, 0.1) is 17.7 Å². The Morgan fingerprint density at radius 1 is 1.58 bits per heavy atom. The molecule has 0 aromatic carbocycles. The second kappa shape index (κ2) is 5.99. The number of amides is 1. The van der Waals surface area contributed by atoms with E-state index in [0.29, 0.717) is 12.5 Å². The van der Waals surface area contributed by atoms with E-state index in [9.17, 15) is 9.18 Å². The summed E-state index contributed by atoms with van der Waals surface area (Å²) in [7, 11) is 0. The highest BCUT2D eigenvalue weighted by Crippen LogP contribution is 2.28. The number of hydrogen-bond acceptors (Lipinski definition) is 3. The van der Waals surface area contributed by atoms with Crippen LogP contribution in [0.5, 0.6) is 0 Å². The molecule has 1 aromatic heterocycles. The van der Waals surface area contributed by atoms with Crippen LogP contribution in [0.3, 0.4) is 0 Å². The Bertz CT molecular complexity index is 464. The van der Waals surface area contributed by atoms with E-state index < -0.39 is 5.82 Å². The minimum Gasteiger partial charge on any atom is -0.383 e. The molecule has 1 aliphatic rings. The second-order valence-electron chi connectivity index (χ2n) is 5.43. The van der Waals surface area contributed by atoms with Gasteiger partial charge < -0.3 is 11.1 Å². The number of carbonyl (C=O) groups excluding carboxylic acids is 1. The fraction of sp³-hybridized carbons (Fsp3) is 0.571. The number of pyridine rings is 1. The van der Waals surface area contributed by atoms with E-state index in [1.807, 2.05) is 0 Å². The van der Waals surface area contributed by atoms with Crippen LogP contribution in [0.15, 0.2) is 12.3 Å². The molecule has 1 fully saturated rings. The van der Waals surface area contributed by atoms with Gasteiger partial charge in [0.1, 0.15) is 11.6 Å². The molecule has 5 heteroatoms. The van der Waals surface area contributed by atoms with Gasteiger partial charge in [-0.25, -0.2) is 9.37 Å². The molecular formula is C14H20FN3O. The number of aromatic nitrogens is 1. The van der Waals surface area contributed by atoms with E-state index in [2.05, 4.69) is 17.2 Å². The van der Waals surface area contributed by atoms with Gasteiger partial charge in [-0.2, -0.15) is 0 Å². The van der Waals surface area contributed by atoms with Gasteiger partial charge >= 0.3 is 0 Å². The van der Waals surface area contributed by atoms with E-state index in [1.165, 1.54) is 12.8 Å². The van der Waals surface area contributed by atoms with E-state index in [4.69, 9.17) is 5.73 Å². The second-order valence-corrected chi connectivity index (χ2v) is 5.43. The Hall–Kier alpha value is -1.65. The summed E-state index contributed by atoms with van der Waals surface area (Å²) < 4.78 is 13.1. The van der Waals surface area contributed by atoms with Crippen molar-refractivity contribution in [3.63, 3.8) is 0 Å². The van der Waals surface area contributed by atoms with Crippen LogP contribution in [0.25, 0.3) is 0 Å². The summed E-state index contributed by atoms with van der Waals surface area (Å²) in [6.07, 6.45) is 5.77. The summed E-state index contributed by atoms with van der Waals surface area (Å²) in [6.45, 7) is 2.86. The van der Waals surface area contributed by atoms with E-state index >= 15 is 0 Å². The van der Waals surface area contributed by atoms with E-state index in [0.717, 1.165) is 31.0 Å². The van der Waals surface area contributed by atoms with Gasteiger partial charge in [0.05, 0.1) is 11.8 Å². The summed E-state index contributed by atoms with van der Waals surface area (Å²) in [5.41, 5.74) is 5.70. The maximum absolute atomic E-state index is 13.1. The van der Waals surface area contributed by atoms with Gasteiger partial charge in [0.15, 0.2) is 0 Å². The monoisotopic (exact) mass is 265 g/mol. The molecule has 0 radical (unpaired) electrons. The topological polar surface area (TPSA) is 68.0 Å². The summed E-state index contributed by atoms with van der Waals surface area (Å²) >= 11 is 0. The van der Waals surface area contributed by atoms with Gasteiger partial charge in [-0.15, -0.1) is 0 Å². The first kappa shape index (κ1) is 13.8. The Morgan fingerprint density at radius 3 is 3.11 bits per heavy atom. The predicted octanol–water partition coefficient (Wildman–Crippen LogP) is 2.36. The zero-order valence-corrected chi connectivity index (χ0v) is 11.2. The van der Waals surface area contributed by atoms with E-state index in [1.54, 1.807) is 0 Å². The average molecular weight is 265 g/mol. The highest BCUT2D eigenvalue weighted by molar-refractivity contribution is 5.98. The van der Waals surface area contributed by atoms with Crippen molar-refractivity contribution in [2.45, 2.75) is 32.6 Å². The maximum Gasteiger partial charge on any atom is 0.255 e. The molecule has 104 valence electrons. The van der Waals surface area contributed by atoms with Crippen molar-refractivity contribution in [3.05, 3.63) is 23.6 Å². The summed E-state index contributed by atoms with van der Waals surface area (Å²) in [4.78, 5) is 15.6. The normalized spacial score (nSPS) is 23.1. The third-order valence-corrected chi connectivity index (χ3v) is 3.73. The van der Waals surface area contributed by atoms with Gasteiger partial charge in [-0.05, 0) is 30.7 Å². The standard InChI is InChI=1S/C14H20FN3O/c1-9-3-2-4-10(5-9)7-18-14(19)12-6-11(15)8-17-13(12)16/h6,8-10H,2-5,7H2,1H3,(H2,16,17)(H,18,19). The quantitative estimate of drug-likeness (QED) is 0.881. The number of nitrogen functional groups attached to an aromatic ring is 1. The lowest BCUT2D eigenvalue weighted by molar-refractivity contribution is 0.0941. The Morgan fingerprint density at radius 2 is 2.37 bits per heavy atom. The summed E-state index contributed by atoms with van der Waals surface area (Å²) in [5.74, 6) is 0.399. The number of hydrogen-bond donors (Lipinski definition) is 2. The zero-order chi connectivity index (χ0) is 13.8. The number of rotatable bonds is 3. The molecule has 2 rings (SSSR count). The molecule has 2 unspecified atom stereocenters. The smallest absolute Gasteiger partial charge is 0.255 e. The third kappa shape index (κ3) is 3.66. The molecule has 1 heterocycles.